The van der Waals surface area contributed by atoms with E-state index in [1.54, 1.807) is 11.3 Å². The summed E-state index contributed by atoms with van der Waals surface area (Å²) in [6, 6.07) is 14.6. The van der Waals surface area contributed by atoms with Crippen LogP contribution >= 0.6 is 11.3 Å². The van der Waals surface area contributed by atoms with Crippen LogP contribution in [0.3, 0.4) is 0 Å². The summed E-state index contributed by atoms with van der Waals surface area (Å²) in [5.74, 6) is -0.824. The SMILES string of the molecule is O=C(O)C1CCN(CCOc2ccc(Cc3ccccc3)s2)CC1. The van der Waals surface area contributed by atoms with Crippen molar-refractivity contribution in [3.8, 4) is 5.06 Å². The van der Waals surface area contributed by atoms with Crippen molar-refractivity contribution in [1.29, 1.82) is 0 Å². The molecule has 0 saturated carbocycles. The van der Waals surface area contributed by atoms with Crippen molar-refractivity contribution in [2.75, 3.05) is 26.2 Å². The molecule has 24 heavy (non-hydrogen) atoms. The van der Waals surface area contributed by atoms with Crippen LogP contribution in [-0.2, 0) is 11.2 Å². The van der Waals surface area contributed by atoms with Gasteiger partial charge in [-0.1, -0.05) is 30.3 Å². The highest BCUT2D eigenvalue weighted by Crippen LogP contribution is 2.26. The summed E-state index contributed by atoms with van der Waals surface area (Å²) in [7, 11) is 0. The maximum Gasteiger partial charge on any atom is 0.306 e. The molecule has 1 aliphatic heterocycles. The molecule has 1 aromatic heterocycles. The lowest BCUT2D eigenvalue weighted by Gasteiger charge is -2.29. The summed E-state index contributed by atoms with van der Waals surface area (Å²) < 4.78 is 5.86. The van der Waals surface area contributed by atoms with Gasteiger partial charge in [-0.2, -0.15) is 0 Å². The lowest BCUT2D eigenvalue weighted by molar-refractivity contribution is -0.143. The van der Waals surface area contributed by atoms with Crippen molar-refractivity contribution in [2.24, 2.45) is 5.92 Å². The van der Waals surface area contributed by atoms with Crippen molar-refractivity contribution < 1.29 is 14.6 Å². The van der Waals surface area contributed by atoms with Crippen LogP contribution in [0.1, 0.15) is 23.3 Å². The van der Waals surface area contributed by atoms with Gasteiger partial charge < -0.3 is 9.84 Å². The molecule has 0 radical (unpaired) electrons. The highest BCUT2D eigenvalue weighted by molar-refractivity contribution is 7.13. The molecule has 0 amide bonds. The maximum absolute atomic E-state index is 11.0. The fourth-order valence-electron chi connectivity index (χ4n) is 3.01. The number of carboxylic acids is 1. The van der Waals surface area contributed by atoms with Crippen LogP contribution in [-0.4, -0.2) is 42.2 Å². The van der Waals surface area contributed by atoms with Crippen molar-refractivity contribution >= 4 is 17.3 Å². The van der Waals surface area contributed by atoms with Gasteiger partial charge in [0.1, 0.15) is 6.61 Å². The van der Waals surface area contributed by atoms with Gasteiger partial charge in [-0.3, -0.25) is 9.69 Å². The maximum atomic E-state index is 11.0. The van der Waals surface area contributed by atoms with Gasteiger partial charge >= 0.3 is 5.97 Å². The molecule has 0 spiro atoms. The van der Waals surface area contributed by atoms with E-state index >= 15 is 0 Å². The molecule has 2 heterocycles. The van der Waals surface area contributed by atoms with Gasteiger partial charge in [0.2, 0.25) is 0 Å². The second-order valence-corrected chi connectivity index (χ2v) is 7.32. The van der Waals surface area contributed by atoms with Gasteiger partial charge in [0.25, 0.3) is 0 Å². The topological polar surface area (TPSA) is 49.8 Å². The molecule has 0 bridgehead atoms. The lowest BCUT2D eigenvalue weighted by Crippen LogP contribution is -2.38. The van der Waals surface area contributed by atoms with E-state index < -0.39 is 5.97 Å². The number of ether oxygens (including phenoxy) is 1. The first-order valence-corrected chi connectivity index (χ1v) is 9.23. The Morgan fingerprint density at radius 3 is 2.62 bits per heavy atom. The van der Waals surface area contributed by atoms with Gasteiger partial charge in [0, 0.05) is 17.8 Å². The zero-order chi connectivity index (χ0) is 16.8. The van der Waals surface area contributed by atoms with Gasteiger partial charge in [-0.25, -0.2) is 0 Å². The fourth-order valence-corrected chi connectivity index (χ4v) is 3.92. The van der Waals surface area contributed by atoms with Crippen LogP contribution in [0.15, 0.2) is 42.5 Å². The predicted octanol–water partition coefficient (Wildman–Crippen LogP) is 3.51. The van der Waals surface area contributed by atoms with E-state index in [2.05, 4.69) is 35.2 Å². The zero-order valence-electron chi connectivity index (χ0n) is 13.7. The molecule has 0 atom stereocenters. The van der Waals surface area contributed by atoms with Crippen LogP contribution in [0.25, 0.3) is 0 Å². The molecule has 0 aliphatic carbocycles. The normalized spacial score (nSPS) is 16.2. The van der Waals surface area contributed by atoms with E-state index in [9.17, 15) is 4.79 Å². The standard InChI is InChI=1S/C19H23NO3S/c21-19(22)16-8-10-20(11-9-16)12-13-23-18-7-6-17(24-18)14-15-4-2-1-3-5-15/h1-7,16H,8-14H2,(H,21,22). The van der Waals surface area contributed by atoms with Crippen LogP contribution in [0.4, 0.5) is 0 Å². The van der Waals surface area contributed by atoms with Crippen LogP contribution in [0.2, 0.25) is 0 Å². The smallest absolute Gasteiger partial charge is 0.306 e. The number of piperidine rings is 1. The molecular weight excluding hydrogens is 322 g/mol. The van der Waals surface area contributed by atoms with E-state index in [0.29, 0.717) is 6.61 Å². The zero-order valence-corrected chi connectivity index (χ0v) is 14.5. The van der Waals surface area contributed by atoms with Gasteiger partial charge in [0.05, 0.1) is 5.92 Å². The summed E-state index contributed by atoms with van der Waals surface area (Å²) in [5.41, 5.74) is 1.31. The minimum Gasteiger partial charge on any atom is -0.483 e. The van der Waals surface area contributed by atoms with Crippen molar-refractivity contribution in [2.45, 2.75) is 19.3 Å². The molecule has 1 aliphatic rings. The number of carboxylic acid groups (broad SMARTS) is 1. The Hall–Kier alpha value is -1.85. The Morgan fingerprint density at radius 2 is 1.92 bits per heavy atom. The largest absolute Gasteiger partial charge is 0.483 e. The molecule has 3 rings (SSSR count). The summed E-state index contributed by atoms with van der Waals surface area (Å²) in [5, 5.41) is 9.98. The number of hydrogen-bond acceptors (Lipinski definition) is 4. The Labute approximate surface area is 146 Å². The van der Waals surface area contributed by atoms with E-state index in [1.807, 2.05) is 12.1 Å². The number of nitrogens with zero attached hydrogens (tertiary/aromatic N) is 1. The highest BCUT2D eigenvalue weighted by atomic mass is 32.1. The van der Waals surface area contributed by atoms with E-state index in [4.69, 9.17) is 9.84 Å². The van der Waals surface area contributed by atoms with Gasteiger partial charge in [-0.05, 0) is 43.6 Å². The molecule has 0 unspecified atom stereocenters. The van der Waals surface area contributed by atoms with Gasteiger partial charge in [0.15, 0.2) is 5.06 Å². The molecule has 5 heteroatoms. The predicted molar refractivity (Wildman–Crippen MR) is 95.9 cm³/mol. The quantitative estimate of drug-likeness (QED) is 0.834. The fraction of sp³-hybridized carbons (Fsp3) is 0.421. The number of thiophene rings is 1. The second kappa shape index (κ2) is 8.31. The number of benzene rings is 1. The Balaban J connectivity index is 1.39. The number of carbonyl (C=O) groups is 1. The Kier molecular flexibility index (Phi) is 5.88. The van der Waals surface area contributed by atoms with Crippen molar-refractivity contribution in [3.63, 3.8) is 0 Å². The minimum absolute atomic E-state index is 0.167. The average Bonchev–Trinajstić information content (AvgIpc) is 3.03. The summed E-state index contributed by atoms with van der Waals surface area (Å²) in [6.07, 6.45) is 2.43. The third kappa shape index (κ3) is 4.82. The van der Waals surface area contributed by atoms with Crippen molar-refractivity contribution in [3.05, 3.63) is 52.9 Å². The number of hydrogen-bond donors (Lipinski definition) is 1. The first-order valence-electron chi connectivity index (χ1n) is 8.41. The summed E-state index contributed by atoms with van der Waals surface area (Å²) >= 11 is 1.70. The average molecular weight is 345 g/mol. The molecular formula is C19H23NO3S. The number of likely N-dealkylation sites (tertiary alicyclic amines) is 1. The second-order valence-electron chi connectivity index (χ2n) is 6.19. The number of rotatable bonds is 7. The Bertz CT molecular complexity index is 648. The molecule has 1 fully saturated rings. The molecule has 1 N–H and O–H groups in total. The van der Waals surface area contributed by atoms with E-state index in [1.165, 1.54) is 10.4 Å². The lowest BCUT2D eigenvalue weighted by atomic mass is 9.97. The van der Waals surface area contributed by atoms with Crippen LogP contribution in [0, 0.1) is 5.92 Å². The summed E-state index contributed by atoms with van der Waals surface area (Å²) in [6.45, 7) is 3.22. The minimum atomic E-state index is -0.657. The van der Waals surface area contributed by atoms with Crippen LogP contribution in [0.5, 0.6) is 5.06 Å². The third-order valence-corrected chi connectivity index (χ3v) is 5.44. The molecule has 4 nitrogen and oxygen atoms in total. The third-order valence-electron chi connectivity index (χ3n) is 4.45. The first kappa shape index (κ1) is 17.0. The molecule has 1 saturated heterocycles. The highest BCUT2D eigenvalue weighted by Gasteiger charge is 2.24. The molecule has 1 aromatic carbocycles. The number of aliphatic carboxylic acids is 1. The molecule has 128 valence electrons. The van der Waals surface area contributed by atoms with Crippen LogP contribution < -0.4 is 4.74 Å². The van der Waals surface area contributed by atoms with E-state index in [-0.39, 0.29) is 5.92 Å². The first-order chi connectivity index (χ1) is 11.7. The summed E-state index contributed by atoms with van der Waals surface area (Å²) in [4.78, 5) is 14.5. The van der Waals surface area contributed by atoms with E-state index in [0.717, 1.165) is 44.0 Å². The van der Waals surface area contributed by atoms with Crippen molar-refractivity contribution in [1.82, 2.24) is 4.90 Å². The van der Waals surface area contributed by atoms with Gasteiger partial charge in [-0.15, -0.1) is 11.3 Å². The monoisotopic (exact) mass is 345 g/mol. The molecule has 2 aromatic rings. The Morgan fingerprint density at radius 1 is 1.17 bits per heavy atom.